The Hall–Kier alpha value is -2.54. The number of hydrogen-bond donors (Lipinski definition) is 2. The van der Waals surface area contributed by atoms with E-state index in [4.69, 9.17) is 19.6 Å². The van der Waals surface area contributed by atoms with Crippen molar-refractivity contribution in [3.05, 3.63) is 47.3 Å². The molecule has 0 radical (unpaired) electrons. The Morgan fingerprint density at radius 3 is 2.80 bits per heavy atom. The van der Waals surface area contributed by atoms with Crippen LogP contribution < -0.4 is 15.4 Å². The maximum absolute atomic E-state index is 5.88. The fourth-order valence-corrected chi connectivity index (χ4v) is 3.69. The van der Waals surface area contributed by atoms with Crippen LogP contribution in [0, 0.1) is 6.92 Å². The van der Waals surface area contributed by atoms with E-state index < -0.39 is 0 Å². The molecule has 1 saturated carbocycles. The zero-order valence-corrected chi connectivity index (χ0v) is 18.5. The predicted octanol–water partition coefficient (Wildman–Crippen LogP) is 3.59. The van der Waals surface area contributed by atoms with Crippen molar-refractivity contribution in [3.63, 3.8) is 0 Å². The minimum absolute atomic E-state index is 0.526. The molecule has 3 rings (SSSR count). The van der Waals surface area contributed by atoms with Gasteiger partial charge in [-0.2, -0.15) is 5.10 Å². The molecule has 1 aromatic heterocycles. The SMILES string of the molecule is CCNC(=NCc1ccc(C)cc1OCCOC)NCc1ccn(C2CCCC2)n1. The monoisotopic (exact) mass is 413 g/mol. The predicted molar refractivity (Wildman–Crippen MR) is 120 cm³/mol. The average Bonchev–Trinajstić information content (AvgIpc) is 3.43. The van der Waals surface area contributed by atoms with E-state index in [1.54, 1.807) is 7.11 Å². The van der Waals surface area contributed by atoms with Gasteiger partial charge in [-0.3, -0.25) is 4.68 Å². The summed E-state index contributed by atoms with van der Waals surface area (Å²) in [5.41, 5.74) is 3.25. The van der Waals surface area contributed by atoms with Gasteiger partial charge in [-0.15, -0.1) is 0 Å². The number of nitrogens with one attached hydrogen (secondary N) is 2. The average molecular weight is 414 g/mol. The second kappa shape index (κ2) is 11.6. The lowest BCUT2D eigenvalue weighted by Gasteiger charge is -2.13. The fourth-order valence-electron chi connectivity index (χ4n) is 3.69. The highest BCUT2D eigenvalue weighted by Crippen LogP contribution is 2.28. The first kappa shape index (κ1) is 22.2. The van der Waals surface area contributed by atoms with E-state index in [1.807, 2.05) is 0 Å². The summed E-state index contributed by atoms with van der Waals surface area (Å²) in [5.74, 6) is 1.64. The van der Waals surface area contributed by atoms with E-state index in [-0.39, 0.29) is 0 Å². The maximum Gasteiger partial charge on any atom is 0.191 e. The molecule has 2 N–H and O–H groups in total. The van der Waals surface area contributed by atoms with Gasteiger partial charge in [-0.1, -0.05) is 25.0 Å². The summed E-state index contributed by atoms with van der Waals surface area (Å²) in [6.07, 6.45) is 7.21. The van der Waals surface area contributed by atoms with Gasteiger partial charge in [0, 0.05) is 25.4 Å². The van der Waals surface area contributed by atoms with Crippen molar-refractivity contribution in [2.45, 2.75) is 58.7 Å². The Morgan fingerprint density at radius 1 is 1.20 bits per heavy atom. The molecule has 2 aromatic rings. The molecule has 1 aliphatic carbocycles. The third kappa shape index (κ3) is 6.49. The normalized spacial score (nSPS) is 14.8. The minimum Gasteiger partial charge on any atom is -0.491 e. The molecule has 0 atom stereocenters. The molecule has 30 heavy (non-hydrogen) atoms. The van der Waals surface area contributed by atoms with Gasteiger partial charge < -0.3 is 20.1 Å². The first-order valence-electron chi connectivity index (χ1n) is 11.0. The molecule has 1 aliphatic rings. The van der Waals surface area contributed by atoms with Gasteiger partial charge in [0.15, 0.2) is 5.96 Å². The molecule has 7 heteroatoms. The number of rotatable bonds is 10. The van der Waals surface area contributed by atoms with Crippen molar-refractivity contribution < 1.29 is 9.47 Å². The topological polar surface area (TPSA) is 72.7 Å². The Bertz CT molecular complexity index is 812. The summed E-state index contributed by atoms with van der Waals surface area (Å²) >= 11 is 0. The molecule has 0 spiro atoms. The lowest BCUT2D eigenvalue weighted by molar-refractivity contribution is 0.145. The van der Waals surface area contributed by atoms with E-state index in [9.17, 15) is 0 Å². The molecule has 0 aliphatic heterocycles. The standard InChI is InChI=1S/C23H35N5O2/c1-4-24-23(26-17-20-11-12-28(27-20)21-7-5-6-8-21)25-16-19-10-9-18(2)15-22(19)30-14-13-29-3/h9-12,15,21H,4-8,13-14,16-17H2,1-3H3,(H2,24,25,26). The second-order valence-corrected chi connectivity index (χ2v) is 7.73. The van der Waals surface area contributed by atoms with Crippen molar-refractivity contribution in [1.29, 1.82) is 0 Å². The van der Waals surface area contributed by atoms with Crippen LogP contribution in [-0.2, 0) is 17.8 Å². The quantitative estimate of drug-likeness (QED) is 0.354. The first-order chi connectivity index (χ1) is 14.7. The van der Waals surface area contributed by atoms with Crippen LogP contribution in [0.15, 0.2) is 35.5 Å². The number of aliphatic imine (C=N–C) groups is 1. The molecule has 0 saturated heterocycles. The van der Waals surface area contributed by atoms with E-state index in [2.05, 4.69) is 59.6 Å². The maximum atomic E-state index is 5.88. The van der Waals surface area contributed by atoms with Crippen LogP contribution in [0.25, 0.3) is 0 Å². The molecular weight excluding hydrogens is 378 g/mol. The number of methoxy groups -OCH3 is 1. The third-order valence-electron chi connectivity index (χ3n) is 5.32. The minimum atomic E-state index is 0.526. The van der Waals surface area contributed by atoms with Crippen molar-refractivity contribution in [3.8, 4) is 5.75 Å². The van der Waals surface area contributed by atoms with Crippen LogP contribution in [0.1, 0.15) is 55.5 Å². The van der Waals surface area contributed by atoms with Gasteiger partial charge in [0.05, 0.1) is 31.4 Å². The summed E-state index contributed by atoms with van der Waals surface area (Å²) in [6, 6.07) is 8.88. The summed E-state index contributed by atoms with van der Waals surface area (Å²) in [4.78, 5) is 4.75. The van der Waals surface area contributed by atoms with E-state index >= 15 is 0 Å². The highest BCUT2D eigenvalue weighted by atomic mass is 16.5. The Labute approximate surface area is 179 Å². The van der Waals surface area contributed by atoms with Crippen molar-refractivity contribution in [1.82, 2.24) is 20.4 Å². The van der Waals surface area contributed by atoms with Crippen molar-refractivity contribution in [2.24, 2.45) is 4.99 Å². The van der Waals surface area contributed by atoms with Crippen molar-refractivity contribution >= 4 is 5.96 Å². The fraction of sp³-hybridized carbons (Fsp3) is 0.565. The summed E-state index contributed by atoms with van der Waals surface area (Å²) in [7, 11) is 1.68. The molecule has 7 nitrogen and oxygen atoms in total. The number of nitrogens with zero attached hydrogens (tertiary/aromatic N) is 3. The Kier molecular flexibility index (Phi) is 8.56. The smallest absolute Gasteiger partial charge is 0.191 e. The number of aromatic nitrogens is 2. The van der Waals surface area contributed by atoms with Gasteiger partial charge in [-0.25, -0.2) is 4.99 Å². The molecule has 164 valence electrons. The number of guanidine groups is 1. The zero-order chi connectivity index (χ0) is 21.2. The molecule has 0 unspecified atom stereocenters. The second-order valence-electron chi connectivity index (χ2n) is 7.73. The van der Waals surface area contributed by atoms with Crippen LogP contribution in [0.4, 0.5) is 0 Å². The first-order valence-corrected chi connectivity index (χ1v) is 11.0. The Balaban J connectivity index is 1.60. The van der Waals surface area contributed by atoms with Gasteiger partial charge in [0.2, 0.25) is 0 Å². The van der Waals surface area contributed by atoms with Crippen LogP contribution in [-0.4, -0.2) is 42.6 Å². The third-order valence-corrected chi connectivity index (χ3v) is 5.32. The molecule has 1 aromatic carbocycles. The van der Waals surface area contributed by atoms with Gasteiger partial charge in [-0.05, 0) is 44.4 Å². The highest BCUT2D eigenvalue weighted by molar-refractivity contribution is 5.79. The zero-order valence-electron chi connectivity index (χ0n) is 18.5. The lowest BCUT2D eigenvalue weighted by atomic mass is 10.1. The van der Waals surface area contributed by atoms with E-state index in [0.717, 1.165) is 35.1 Å². The lowest BCUT2D eigenvalue weighted by Crippen LogP contribution is -2.37. The van der Waals surface area contributed by atoms with Gasteiger partial charge >= 0.3 is 0 Å². The van der Waals surface area contributed by atoms with E-state index in [0.29, 0.717) is 32.3 Å². The summed E-state index contributed by atoms with van der Waals surface area (Å²) in [5, 5.41) is 11.5. The molecule has 0 amide bonds. The molecule has 1 fully saturated rings. The van der Waals surface area contributed by atoms with Crippen LogP contribution in [0.3, 0.4) is 0 Å². The summed E-state index contributed by atoms with van der Waals surface area (Å²) in [6.45, 7) is 7.20. The Morgan fingerprint density at radius 2 is 2.03 bits per heavy atom. The molecule has 0 bridgehead atoms. The van der Waals surface area contributed by atoms with Crippen LogP contribution in [0.2, 0.25) is 0 Å². The van der Waals surface area contributed by atoms with E-state index in [1.165, 1.54) is 25.7 Å². The van der Waals surface area contributed by atoms with Crippen LogP contribution >= 0.6 is 0 Å². The molecular formula is C23H35N5O2. The number of ether oxygens (including phenoxy) is 2. The van der Waals surface area contributed by atoms with Gasteiger partial charge in [0.1, 0.15) is 12.4 Å². The number of hydrogen-bond acceptors (Lipinski definition) is 4. The van der Waals surface area contributed by atoms with Gasteiger partial charge in [0.25, 0.3) is 0 Å². The molecule has 1 heterocycles. The summed E-state index contributed by atoms with van der Waals surface area (Å²) < 4.78 is 13.1. The number of aryl methyl sites for hydroxylation is 1. The largest absolute Gasteiger partial charge is 0.491 e. The highest BCUT2D eigenvalue weighted by Gasteiger charge is 2.17. The van der Waals surface area contributed by atoms with Crippen LogP contribution in [0.5, 0.6) is 5.75 Å². The number of benzene rings is 1. The van der Waals surface area contributed by atoms with Crippen molar-refractivity contribution in [2.75, 3.05) is 26.9 Å².